The molecule has 1 fully saturated rings. The van der Waals surface area contributed by atoms with Crippen LogP contribution in [0.5, 0.6) is 0 Å². The molecule has 79 valence electrons. The van der Waals surface area contributed by atoms with E-state index in [0.29, 0.717) is 5.92 Å². The number of carbonyl (C=O) groups is 1. The summed E-state index contributed by atoms with van der Waals surface area (Å²) in [6, 6.07) is 7.73. The Balaban J connectivity index is 2.14. The van der Waals surface area contributed by atoms with Crippen molar-refractivity contribution in [1.29, 1.82) is 0 Å². The second kappa shape index (κ2) is 4.95. The Kier molecular flexibility index (Phi) is 3.38. The number of benzene rings is 1. The Bertz CT molecular complexity index is 427. The van der Waals surface area contributed by atoms with Gasteiger partial charge in [0.1, 0.15) is 0 Å². The number of carbonyl (C=O) groups excluding carboxylic acids is 1. The van der Waals surface area contributed by atoms with Crippen LogP contribution in [0.2, 0.25) is 0 Å². The molecule has 3 nitrogen and oxygen atoms in total. The van der Waals surface area contributed by atoms with Gasteiger partial charge in [-0.15, -0.1) is 0 Å². The molecule has 1 aliphatic rings. The highest BCUT2D eigenvalue weighted by Crippen LogP contribution is 2.33. The van der Waals surface area contributed by atoms with Crippen molar-refractivity contribution < 1.29 is 4.79 Å². The predicted molar refractivity (Wildman–Crippen MR) is 64.1 cm³/mol. The van der Waals surface area contributed by atoms with Crippen molar-refractivity contribution in [3.63, 3.8) is 0 Å². The minimum atomic E-state index is 0.376. The number of hydrogen-bond donors (Lipinski definition) is 0. The lowest BCUT2D eigenvalue weighted by molar-refractivity contribution is 0.534. The fraction of sp³-hybridized carbons (Fsp3) is 0.333. The molecule has 4 heteroatoms. The zero-order valence-electron chi connectivity index (χ0n) is 8.97. The van der Waals surface area contributed by atoms with E-state index in [1.165, 1.54) is 0 Å². The van der Waals surface area contributed by atoms with Crippen LogP contribution >= 0.6 is 0 Å². The Hall–Kier alpha value is -1.60. The van der Waals surface area contributed by atoms with E-state index in [4.69, 9.17) is 6.57 Å². The Morgan fingerprint density at radius 2 is 2.31 bits per heavy atom. The average molecular weight is 211 g/mol. The molecule has 0 bridgehead atoms. The lowest BCUT2D eigenvalue weighted by Gasteiger charge is -2.13. The van der Waals surface area contributed by atoms with Crippen molar-refractivity contribution in [2.75, 3.05) is 13.1 Å². The van der Waals surface area contributed by atoms with Gasteiger partial charge in [-0.2, -0.15) is 0 Å². The van der Waals surface area contributed by atoms with Crippen LogP contribution in [0, 0.1) is 6.57 Å². The first-order chi connectivity index (χ1) is 7.85. The summed E-state index contributed by atoms with van der Waals surface area (Å²) >= 11 is 0. The minimum absolute atomic E-state index is 0.376. The molecule has 1 saturated heterocycles. The van der Waals surface area contributed by atoms with Crippen molar-refractivity contribution >= 4 is 19.3 Å². The molecule has 1 aliphatic heterocycles. The third-order valence-electron chi connectivity index (χ3n) is 2.99. The molecule has 0 N–H and O–H groups in total. The molecule has 1 unspecified atom stereocenters. The first-order valence-electron chi connectivity index (χ1n) is 5.34. The lowest BCUT2D eigenvalue weighted by atomic mass is 9.94. The second-order valence-electron chi connectivity index (χ2n) is 3.94. The predicted octanol–water partition coefficient (Wildman–Crippen LogP) is 1.84. The summed E-state index contributed by atoms with van der Waals surface area (Å²) in [7, 11) is 1.58. The van der Waals surface area contributed by atoms with Crippen LogP contribution in [0.3, 0.4) is 0 Å². The molecule has 1 radical (unpaired) electrons. The van der Waals surface area contributed by atoms with Gasteiger partial charge >= 0.3 is 0 Å². The third kappa shape index (κ3) is 2.15. The Morgan fingerprint density at radius 1 is 1.50 bits per heavy atom. The molecule has 2 rings (SSSR count). The molecule has 16 heavy (non-hydrogen) atoms. The molecule has 1 aromatic carbocycles. The monoisotopic (exact) mass is 211 g/mol. The van der Waals surface area contributed by atoms with Crippen LogP contribution in [0.15, 0.2) is 24.3 Å². The van der Waals surface area contributed by atoms with E-state index < -0.39 is 0 Å². The molecular weight excluding hydrogens is 199 g/mol. The normalized spacial score (nSPS) is 20.3. The maximum atomic E-state index is 10.4. The zero-order valence-corrected chi connectivity index (χ0v) is 8.97. The van der Waals surface area contributed by atoms with Crippen molar-refractivity contribution in [2.45, 2.75) is 12.3 Å². The van der Waals surface area contributed by atoms with Crippen LogP contribution in [0.4, 0.5) is 5.69 Å². The summed E-state index contributed by atoms with van der Waals surface area (Å²) in [5.74, 6) is 0.376. The standard InChI is InChI=1S/C12H12BN2O/c1-14-12-5-3-2-4-11(12)10-6-7-15(8-10)13-9-16/h2-5,9-10H,6-8H2. The largest absolute Gasteiger partial charge is 0.339 e. The topological polar surface area (TPSA) is 24.7 Å². The van der Waals surface area contributed by atoms with E-state index in [-0.39, 0.29) is 0 Å². The Labute approximate surface area is 96.1 Å². The van der Waals surface area contributed by atoms with Crippen LogP contribution < -0.4 is 0 Å². The fourth-order valence-corrected chi connectivity index (χ4v) is 2.20. The van der Waals surface area contributed by atoms with Crippen LogP contribution in [0.1, 0.15) is 17.9 Å². The molecule has 1 atom stereocenters. The van der Waals surface area contributed by atoms with E-state index in [1.54, 1.807) is 7.41 Å². The van der Waals surface area contributed by atoms with Gasteiger partial charge in [0.25, 0.3) is 7.41 Å². The van der Waals surface area contributed by atoms with Crippen LogP contribution in [-0.4, -0.2) is 31.5 Å². The van der Waals surface area contributed by atoms with Gasteiger partial charge in [0.2, 0.25) is 0 Å². The molecule has 1 aromatic rings. The summed E-state index contributed by atoms with van der Waals surface area (Å²) < 4.78 is 0. The highest BCUT2D eigenvalue weighted by molar-refractivity contribution is 6.64. The number of nitrogens with zero attached hydrogens (tertiary/aromatic N) is 2. The van der Waals surface area contributed by atoms with Gasteiger partial charge in [0.15, 0.2) is 5.69 Å². The van der Waals surface area contributed by atoms with Gasteiger partial charge < -0.3 is 9.61 Å². The van der Waals surface area contributed by atoms with Gasteiger partial charge in [0.05, 0.1) is 12.8 Å². The van der Waals surface area contributed by atoms with E-state index >= 15 is 0 Å². The third-order valence-corrected chi connectivity index (χ3v) is 2.99. The molecule has 0 saturated carbocycles. The summed E-state index contributed by atoms with van der Waals surface area (Å²) in [5.41, 5.74) is 1.85. The van der Waals surface area contributed by atoms with Gasteiger partial charge in [-0.05, 0) is 31.0 Å². The maximum Gasteiger partial charge on any atom is 0.293 e. The number of para-hydroxylation sites is 1. The molecular formula is C12H12BN2O. The van der Waals surface area contributed by atoms with Gasteiger partial charge in [-0.1, -0.05) is 24.3 Å². The molecule has 1 heterocycles. The first kappa shape index (κ1) is 10.9. The van der Waals surface area contributed by atoms with Crippen LogP contribution in [0.25, 0.3) is 4.85 Å². The van der Waals surface area contributed by atoms with E-state index in [0.717, 1.165) is 36.9 Å². The SMILES string of the molecule is [C-]#[N+]c1ccccc1C1CCN([B]C=O)C1. The highest BCUT2D eigenvalue weighted by Gasteiger charge is 2.25. The van der Waals surface area contributed by atoms with Crippen molar-refractivity contribution in [1.82, 2.24) is 4.81 Å². The van der Waals surface area contributed by atoms with Gasteiger partial charge in [-0.3, -0.25) is 0 Å². The lowest BCUT2D eigenvalue weighted by Crippen LogP contribution is -2.25. The van der Waals surface area contributed by atoms with Crippen molar-refractivity contribution in [3.8, 4) is 0 Å². The van der Waals surface area contributed by atoms with E-state index in [9.17, 15) is 4.79 Å². The molecule has 0 spiro atoms. The highest BCUT2D eigenvalue weighted by atomic mass is 16.1. The number of rotatable bonds is 3. The molecule has 0 aliphatic carbocycles. The molecule has 0 amide bonds. The molecule has 0 aromatic heterocycles. The smallest absolute Gasteiger partial charge is 0.293 e. The zero-order chi connectivity index (χ0) is 11.4. The minimum Gasteiger partial charge on any atom is -0.339 e. The van der Waals surface area contributed by atoms with Crippen LogP contribution in [-0.2, 0) is 4.79 Å². The fourth-order valence-electron chi connectivity index (χ4n) is 2.20. The van der Waals surface area contributed by atoms with Gasteiger partial charge in [-0.25, -0.2) is 4.85 Å². The second-order valence-corrected chi connectivity index (χ2v) is 3.94. The summed E-state index contributed by atoms with van der Waals surface area (Å²) in [5, 5.41) is 0. The summed E-state index contributed by atoms with van der Waals surface area (Å²) in [4.78, 5) is 15.9. The first-order valence-corrected chi connectivity index (χ1v) is 5.34. The van der Waals surface area contributed by atoms with E-state index in [2.05, 4.69) is 4.85 Å². The van der Waals surface area contributed by atoms with Crippen molar-refractivity contribution in [3.05, 3.63) is 41.2 Å². The summed E-state index contributed by atoms with van der Waals surface area (Å²) in [6.07, 6.45) is 1.83. The van der Waals surface area contributed by atoms with Gasteiger partial charge in [0, 0.05) is 0 Å². The van der Waals surface area contributed by atoms with E-state index in [1.807, 2.05) is 29.1 Å². The summed E-state index contributed by atoms with van der Waals surface area (Å²) in [6.45, 7) is 8.86. The average Bonchev–Trinajstić information content (AvgIpc) is 2.78. The quantitative estimate of drug-likeness (QED) is 0.432. The Morgan fingerprint density at radius 3 is 3.06 bits per heavy atom. The maximum absolute atomic E-state index is 10.4. The number of hydrogen-bond acceptors (Lipinski definition) is 2. The van der Waals surface area contributed by atoms with Crippen molar-refractivity contribution in [2.24, 2.45) is 0 Å².